The van der Waals surface area contributed by atoms with E-state index in [4.69, 9.17) is 0 Å². The standard InChI is InChI=1S/C12H17N3O5S/c1-8(7-21(3,19)20)14-12(16)10-6-9(15(17)18)4-5-11(10)13-2/h4-6,8,13H,7H2,1-3H3,(H,14,16). The van der Waals surface area contributed by atoms with Crippen LogP contribution in [0.5, 0.6) is 0 Å². The summed E-state index contributed by atoms with van der Waals surface area (Å²) >= 11 is 0. The molecule has 0 aromatic heterocycles. The molecule has 1 aromatic carbocycles. The summed E-state index contributed by atoms with van der Waals surface area (Å²) < 4.78 is 22.3. The molecule has 0 aliphatic rings. The maximum absolute atomic E-state index is 12.1. The third-order valence-corrected chi connectivity index (χ3v) is 3.76. The first-order chi connectivity index (χ1) is 9.64. The van der Waals surface area contributed by atoms with Crippen LogP contribution in [0.2, 0.25) is 0 Å². The molecule has 0 aliphatic heterocycles. The van der Waals surface area contributed by atoms with Crippen LogP contribution >= 0.6 is 0 Å². The van der Waals surface area contributed by atoms with E-state index in [1.54, 1.807) is 14.0 Å². The van der Waals surface area contributed by atoms with Crippen LogP contribution in [0.15, 0.2) is 18.2 Å². The van der Waals surface area contributed by atoms with Crippen molar-refractivity contribution in [3.8, 4) is 0 Å². The molecule has 1 atom stereocenters. The fraction of sp³-hybridized carbons (Fsp3) is 0.417. The minimum absolute atomic E-state index is 0.0899. The van der Waals surface area contributed by atoms with E-state index in [1.165, 1.54) is 12.1 Å². The number of sulfone groups is 1. The van der Waals surface area contributed by atoms with E-state index in [-0.39, 0.29) is 17.0 Å². The lowest BCUT2D eigenvalue weighted by Gasteiger charge is -2.14. The Morgan fingerprint density at radius 3 is 2.52 bits per heavy atom. The molecule has 1 rings (SSSR count). The van der Waals surface area contributed by atoms with Crippen LogP contribution in [0, 0.1) is 10.1 Å². The van der Waals surface area contributed by atoms with E-state index in [9.17, 15) is 23.3 Å². The number of hydrogen-bond donors (Lipinski definition) is 2. The molecule has 0 saturated carbocycles. The number of nitro benzene ring substituents is 1. The molecule has 8 nitrogen and oxygen atoms in total. The minimum Gasteiger partial charge on any atom is -0.387 e. The van der Waals surface area contributed by atoms with Crippen LogP contribution < -0.4 is 10.6 Å². The van der Waals surface area contributed by atoms with Gasteiger partial charge in [0, 0.05) is 37.2 Å². The third-order valence-electron chi connectivity index (χ3n) is 2.66. The van der Waals surface area contributed by atoms with Gasteiger partial charge in [0.2, 0.25) is 0 Å². The summed E-state index contributed by atoms with van der Waals surface area (Å²) in [6.07, 6.45) is 1.07. The van der Waals surface area contributed by atoms with Gasteiger partial charge in [0.25, 0.3) is 11.6 Å². The second-order valence-electron chi connectivity index (χ2n) is 4.70. The summed E-state index contributed by atoms with van der Waals surface area (Å²) in [5.41, 5.74) is 0.298. The molecule has 1 unspecified atom stereocenters. The van der Waals surface area contributed by atoms with E-state index < -0.39 is 26.7 Å². The first-order valence-electron chi connectivity index (χ1n) is 6.09. The van der Waals surface area contributed by atoms with Gasteiger partial charge < -0.3 is 10.6 Å². The Balaban J connectivity index is 3.00. The van der Waals surface area contributed by atoms with Crippen LogP contribution in [0.1, 0.15) is 17.3 Å². The molecule has 2 N–H and O–H groups in total. The van der Waals surface area contributed by atoms with E-state index in [1.807, 2.05) is 0 Å². The topological polar surface area (TPSA) is 118 Å². The van der Waals surface area contributed by atoms with Gasteiger partial charge in [0.05, 0.1) is 16.2 Å². The number of amides is 1. The van der Waals surface area contributed by atoms with Crippen LogP contribution in [-0.2, 0) is 9.84 Å². The van der Waals surface area contributed by atoms with Crippen molar-refractivity contribution >= 4 is 27.1 Å². The lowest BCUT2D eigenvalue weighted by atomic mass is 10.1. The van der Waals surface area contributed by atoms with Gasteiger partial charge in [-0.15, -0.1) is 0 Å². The Labute approximate surface area is 122 Å². The van der Waals surface area contributed by atoms with Gasteiger partial charge in [-0.3, -0.25) is 14.9 Å². The molecule has 1 aromatic rings. The molecule has 1 amide bonds. The van der Waals surface area contributed by atoms with Gasteiger partial charge in [0.1, 0.15) is 9.84 Å². The third kappa shape index (κ3) is 5.03. The Morgan fingerprint density at radius 2 is 2.05 bits per heavy atom. The molecule has 0 aliphatic carbocycles. The van der Waals surface area contributed by atoms with Crippen molar-refractivity contribution in [1.29, 1.82) is 0 Å². The number of rotatable bonds is 6. The normalized spacial score (nSPS) is 12.5. The maximum atomic E-state index is 12.1. The van der Waals surface area contributed by atoms with Crippen molar-refractivity contribution in [3.63, 3.8) is 0 Å². The Hall–Kier alpha value is -2.16. The number of benzene rings is 1. The first-order valence-corrected chi connectivity index (χ1v) is 8.15. The molecular weight excluding hydrogens is 298 g/mol. The minimum atomic E-state index is -3.23. The summed E-state index contributed by atoms with van der Waals surface area (Å²) in [4.78, 5) is 22.3. The molecule has 0 heterocycles. The highest BCUT2D eigenvalue weighted by atomic mass is 32.2. The fourth-order valence-electron chi connectivity index (χ4n) is 1.85. The number of hydrogen-bond acceptors (Lipinski definition) is 6. The summed E-state index contributed by atoms with van der Waals surface area (Å²) in [6.45, 7) is 1.55. The SMILES string of the molecule is CNc1ccc([N+](=O)[O-])cc1C(=O)NC(C)CS(C)(=O)=O. The van der Waals surface area contributed by atoms with Gasteiger partial charge in [-0.1, -0.05) is 0 Å². The molecule has 116 valence electrons. The van der Waals surface area contributed by atoms with E-state index in [0.29, 0.717) is 5.69 Å². The smallest absolute Gasteiger partial charge is 0.270 e. The maximum Gasteiger partial charge on any atom is 0.270 e. The average molecular weight is 315 g/mol. The summed E-state index contributed by atoms with van der Waals surface area (Å²) in [5.74, 6) is -0.776. The number of carbonyl (C=O) groups is 1. The van der Waals surface area contributed by atoms with Gasteiger partial charge in [0.15, 0.2) is 0 Å². The van der Waals surface area contributed by atoms with Gasteiger partial charge in [-0.25, -0.2) is 8.42 Å². The summed E-state index contributed by atoms with van der Waals surface area (Å²) in [7, 11) is -1.65. The van der Waals surface area contributed by atoms with Crippen LogP contribution in [0.4, 0.5) is 11.4 Å². The Morgan fingerprint density at radius 1 is 1.43 bits per heavy atom. The van der Waals surface area contributed by atoms with E-state index in [2.05, 4.69) is 10.6 Å². The van der Waals surface area contributed by atoms with E-state index >= 15 is 0 Å². The predicted octanol–water partition coefficient (Wildman–Crippen LogP) is 0.799. The van der Waals surface area contributed by atoms with Gasteiger partial charge in [-0.2, -0.15) is 0 Å². The van der Waals surface area contributed by atoms with Crippen molar-refractivity contribution in [1.82, 2.24) is 5.32 Å². The van der Waals surface area contributed by atoms with Crippen molar-refractivity contribution in [2.75, 3.05) is 24.4 Å². The fourth-order valence-corrected chi connectivity index (χ4v) is 2.84. The van der Waals surface area contributed by atoms with E-state index in [0.717, 1.165) is 12.3 Å². The highest BCUT2D eigenvalue weighted by Crippen LogP contribution is 2.21. The van der Waals surface area contributed by atoms with Crippen molar-refractivity contribution in [3.05, 3.63) is 33.9 Å². The number of nitro groups is 1. The van der Waals surface area contributed by atoms with Gasteiger partial charge in [-0.05, 0) is 13.0 Å². The number of non-ortho nitro benzene ring substituents is 1. The molecule has 0 bridgehead atoms. The second-order valence-corrected chi connectivity index (χ2v) is 6.89. The number of nitrogens with zero attached hydrogens (tertiary/aromatic N) is 1. The lowest BCUT2D eigenvalue weighted by Crippen LogP contribution is -2.37. The summed E-state index contributed by atoms with van der Waals surface area (Å²) in [5, 5.41) is 16.0. The number of nitrogens with one attached hydrogen (secondary N) is 2. The van der Waals surface area contributed by atoms with Crippen molar-refractivity contribution in [2.45, 2.75) is 13.0 Å². The highest BCUT2D eigenvalue weighted by molar-refractivity contribution is 7.90. The second kappa shape index (κ2) is 6.53. The summed E-state index contributed by atoms with van der Waals surface area (Å²) in [6, 6.07) is 3.25. The molecule has 0 spiro atoms. The molecule has 0 fully saturated rings. The molecular formula is C12H17N3O5S. The van der Waals surface area contributed by atoms with Crippen LogP contribution in [-0.4, -0.2) is 44.3 Å². The van der Waals surface area contributed by atoms with Crippen LogP contribution in [0.3, 0.4) is 0 Å². The average Bonchev–Trinajstić information content (AvgIpc) is 2.35. The molecule has 9 heteroatoms. The van der Waals surface area contributed by atoms with Crippen LogP contribution in [0.25, 0.3) is 0 Å². The predicted molar refractivity (Wildman–Crippen MR) is 79.3 cm³/mol. The number of anilines is 1. The highest BCUT2D eigenvalue weighted by Gasteiger charge is 2.19. The Kier molecular flexibility index (Phi) is 5.25. The molecule has 21 heavy (non-hydrogen) atoms. The lowest BCUT2D eigenvalue weighted by molar-refractivity contribution is -0.384. The largest absolute Gasteiger partial charge is 0.387 e. The zero-order valence-electron chi connectivity index (χ0n) is 11.9. The zero-order valence-corrected chi connectivity index (χ0v) is 12.7. The zero-order chi connectivity index (χ0) is 16.2. The monoisotopic (exact) mass is 315 g/mol. The quantitative estimate of drug-likeness (QED) is 0.592. The van der Waals surface area contributed by atoms with Crippen molar-refractivity contribution in [2.24, 2.45) is 0 Å². The number of carbonyl (C=O) groups excluding carboxylic acids is 1. The Bertz CT molecular complexity index is 657. The van der Waals surface area contributed by atoms with Crippen molar-refractivity contribution < 1.29 is 18.1 Å². The molecule has 0 radical (unpaired) electrons. The molecule has 0 saturated heterocycles. The first kappa shape index (κ1) is 16.9. The van der Waals surface area contributed by atoms with Gasteiger partial charge >= 0.3 is 0 Å².